The van der Waals surface area contributed by atoms with Gasteiger partial charge in [-0.05, 0) is 38.1 Å². The number of thioether (sulfide) groups is 1. The number of nitrogen functional groups attached to an aromatic ring is 1. The standard InChI is InChI=1S/C31H28F4N6O3S2/c1-4-21(43)41-14(2)10-39(11-15(41)3)27-18-7-19(31(33,34)35)22(17-5-6-20(32)25-23(17)37-28(36)46-25)26-24(18)40(29(44)38-27)12-30(13-45-26)8-16(42)9-30/h4-7,14-15H,1,8-13H2,2-3H3,(H2,36,37)/t14-,15+. The number of carbonyl (C=O) groups excluding carboxylic acids is 2. The fourth-order valence-electron chi connectivity index (χ4n) is 7.25. The van der Waals surface area contributed by atoms with E-state index in [1.165, 1.54) is 16.7 Å². The molecule has 2 fully saturated rings. The molecule has 1 aliphatic carbocycles. The molecule has 4 heterocycles. The molecule has 1 saturated carbocycles. The summed E-state index contributed by atoms with van der Waals surface area (Å²) in [6.45, 7) is 7.76. The van der Waals surface area contributed by atoms with Gasteiger partial charge in [-0.25, -0.2) is 14.2 Å². The lowest BCUT2D eigenvalue weighted by Crippen LogP contribution is -2.58. The minimum absolute atomic E-state index is 0.00173. The van der Waals surface area contributed by atoms with E-state index in [4.69, 9.17) is 5.73 Å². The summed E-state index contributed by atoms with van der Waals surface area (Å²) >= 11 is 2.00. The van der Waals surface area contributed by atoms with Gasteiger partial charge in [-0.1, -0.05) is 17.9 Å². The Kier molecular flexibility index (Phi) is 7.01. The Bertz CT molecular complexity index is 2040. The number of Topliss-reactive ketones (excluding diaryl/α,β-unsaturated/α-hetero) is 1. The second-order valence-corrected chi connectivity index (χ2v) is 14.4. The second kappa shape index (κ2) is 10.5. The maximum absolute atomic E-state index is 15.2. The van der Waals surface area contributed by atoms with Crippen LogP contribution in [-0.2, 0) is 22.3 Å². The van der Waals surface area contributed by atoms with Crippen molar-refractivity contribution in [2.75, 3.05) is 29.5 Å². The highest BCUT2D eigenvalue weighted by Crippen LogP contribution is 2.54. The molecule has 7 rings (SSSR count). The van der Waals surface area contributed by atoms with E-state index in [1.807, 2.05) is 13.8 Å². The van der Waals surface area contributed by atoms with Crippen molar-refractivity contribution in [2.45, 2.75) is 56.4 Å². The van der Waals surface area contributed by atoms with E-state index in [2.05, 4.69) is 16.5 Å². The van der Waals surface area contributed by atoms with Gasteiger partial charge in [0.05, 0.1) is 21.3 Å². The van der Waals surface area contributed by atoms with Crippen LogP contribution in [-0.4, -0.2) is 62.1 Å². The van der Waals surface area contributed by atoms with E-state index in [9.17, 15) is 18.8 Å². The molecule has 0 bridgehead atoms. The molecule has 2 N–H and O–H groups in total. The average molecular weight is 673 g/mol. The van der Waals surface area contributed by atoms with Crippen molar-refractivity contribution in [2.24, 2.45) is 5.41 Å². The number of aromatic nitrogens is 3. The van der Waals surface area contributed by atoms with Gasteiger partial charge in [-0.2, -0.15) is 18.2 Å². The third-order valence-electron chi connectivity index (χ3n) is 9.09. The number of amides is 1. The van der Waals surface area contributed by atoms with Crippen LogP contribution >= 0.6 is 23.1 Å². The van der Waals surface area contributed by atoms with Crippen molar-refractivity contribution in [3.05, 3.63) is 52.7 Å². The molecule has 1 amide bonds. The number of rotatable bonds is 3. The number of hydrogen-bond acceptors (Lipinski definition) is 9. The zero-order valence-electron chi connectivity index (χ0n) is 24.8. The number of ketones is 1. The van der Waals surface area contributed by atoms with Crippen LogP contribution < -0.4 is 16.3 Å². The van der Waals surface area contributed by atoms with Crippen LogP contribution in [0.3, 0.4) is 0 Å². The van der Waals surface area contributed by atoms with Crippen molar-refractivity contribution in [3.63, 3.8) is 0 Å². The second-order valence-electron chi connectivity index (χ2n) is 12.4. The quantitative estimate of drug-likeness (QED) is 0.225. The van der Waals surface area contributed by atoms with E-state index in [1.54, 1.807) is 9.80 Å². The van der Waals surface area contributed by atoms with E-state index in [-0.39, 0.29) is 104 Å². The van der Waals surface area contributed by atoms with Crippen LogP contribution in [0.5, 0.6) is 0 Å². The fraction of sp³-hybridized carbons (Fsp3) is 0.387. The van der Waals surface area contributed by atoms with E-state index in [0.717, 1.165) is 35.2 Å². The summed E-state index contributed by atoms with van der Waals surface area (Å²) in [7, 11) is 0. The summed E-state index contributed by atoms with van der Waals surface area (Å²) in [5, 5.41) is 0.127. The van der Waals surface area contributed by atoms with Crippen LogP contribution in [0.25, 0.3) is 32.2 Å². The monoisotopic (exact) mass is 672 g/mol. The Labute approximate surface area is 268 Å². The zero-order chi connectivity index (χ0) is 32.9. The Morgan fingerprint density at radius 1 is 1.15 bits per heavy atom. The predicted octanol–water partition coefficient (Wildman–Crippen LogP) is 5.48. The third-order valence-corrected chi connectivity index (χ3v) is 11.4. The molecule has 2 atom stereocenters. The molecule has 2 aromatic heterocycles. The van der Waals surface area contributed by atoms with Crippen LogP contribution in [0, 0.1) is 11.2 Å². The van der Waals surface area contributed by atoms with Gasteiger partial charge in [0.15, 0.2) is 5.13 Å². The molecule has 240 valence electrons. The molecule has 0 unspecified atom stereocenters. The molecule has 9 nitrogen and oxygen atoms in total. The summed E-state index contributed by atoms with van der Waals surface area (Å²) in [6.07, 6.45) is -3.25. The molecular formula is C31H28F4N6O3S2. The van der Waals surface area contributed by atoms with Gasteiger partial charge >= 0.3 is 11.9 Å². The lowest BCUT2D eigenvalue weighted by atomic mass is 9.69. The van der Waals surface area contributed by atoms with Gasteiger partial charge in [0.2, 0.25) is 5.91 Å². The number of hydrogen-bond donors (Lipinski definition) is 1. The highest BCUT2D eigenvalue weighted by Gasteiger charge is 2.47. The summed E-state index contributed by atoms with van der Waals surface area (Å²) in [5.41, 5.74) is 3.71. The zero-order valence-corrected chi connectivity index (χ0v) is 26.4. The third kappa shape index (κ3) is 4.69. The molecule has 4 aromatic rings. The first-order valence-electron chi connectivity index (χ1n) is 14.6. The van der Waals surface area contributed by atoms with Crippen LogP contribution in [0.1, 0.15) is 32.3 Å². The van der Waals surface area contributed by atoms with E-state index in [0.29, 0.717) is 5.75 Å². The van der Waals surface area contributed by atoms with Crippen molar-refractivity contribution < 1.29 is 27.2 Å². The molecule has 2 aromatic carbocycles. The van der Waals surface area contributed by atoms with Gasteiger partial charge < -0.3 is 15.5 Å². The summed E-state index contributed by atoms with van der Waals surface area (Å²) < 4.78 is 61.8. The Hall–Kier alpha value is -3.98. The molecule has 2 aliphatic heterocycles. The highest BCUT2D eigenvalue weighted by molar-refractivity contribution is 7.99. The topological polar surface area (TPSA) is 114 Å². The Morgan fingerprint density at radius 3 is 2.48 bits per heavy atom. The summed E-state index contributed by atoms with van der Waals surface area (Å²) in [4.78, 5) is 50.9. The molecule has 1 spiro atoms. The number of piperazine rings is 1. The summed E-state index contributed by atoms with van der Waals surface area (Å²) in [6, 6.07) is 2.66. The maximum atomic E-state index is 15.2. The maximum Gasteiger partial charge on any atom is 0.417 e. The van der Waals surface area contributed by atoms with Gasteiger partial charge in [0, 0.05) is 77.1 Å². The van der Waals surface area contributed by atoms with Crippen molar-refractivity contribution in [3.8, 4) is 11.1 Å². The minimum atomic E-state index is -4.87. The number of anilines is 2. The normalized spacial score (nSPS) is 21.1. The van der Waals surface area contributed by atoms with Crippen LogP contribution in [0.2, 0.25) is 0 Å². The van der Waals surface area contributed by atoms with Gasteiger partial charge in [0.1, 0.15) is 17.4 Å². The van der Waals surface area contributed by atoms with E-state index < -0.39 is 28.7 Å². The van der Waals surface area contributed by atoms with Crippen molar-refractivity contribution in [1.82, 2.24) is 19.4 Å². The molecule has 0 radical (unpaired) electrons. The minimum Gasteiger partial charge on any atom is -0.375 e. The number of benzene rings is 2. The van der Waals surface area contributed by atoms with Crippen LogP contribution in [0.4, 0.5) is 28.5 Å². The fourth-order valence-corrected chi connectivity index (χ4v) is 9.48. The van der Waals surface area contributed by atoms with Crippen molar-refractivity contribution >= 4 is 66.9 Å². The number of thiazole rings is 1. The van der Waals surface area contributed by atoms with Gasteiger partial charge in [-0.15, -0.1) is 11.8 Å². The Balaban J connectivity index is 1.54. The molecular weight excluding hydrogens is 645 g/mol. The SMILES string of the molecule is C=CC(=O)N1[C@H](C)CN(c2nc(=O)n3c4c(c(-c5ccc(F)c6sc(N)nc56)c(C(F)(F)F)cc24)SCC2(CC(=O)C2)C3)C[C@@H]1C. The van der Waals surface area contributed by atoms with E-state index >= 15 is 13.2 Å². The number of carbonyl (C=O) groups is 2. The van der Waals surface area contributed by atoms with Gasteiger partial charge in [0.25, 0.3) is 0 Å². The Morgan fingerprint density at radius 2 is 1.85 bits per heavy atom. The first-order chi connectivity index (χ1) is 21.7. The number of nitrogens with two attached hydrogens (primary N) is 1. The predicted molar refractivity (Wildman–Crippen MR) is 170 cm³/mol. The van der Waals surface area contributed by atoms with Crippen molar-refractivity contribution in [1.29, 1.82) is 0 Å². The largest absolute Gasteiger partial charge is 0.417 e. The average Bonchev–Trinajstić information content (AvgIpc) is 3.28. The molecule has 15 heteroatoms. The first-order valence-corrected chi connectivity index (χ1v) is 16.4. The number of nitrogens with zero attached hydrogens (tertiary/aromatic N) is 5. The highest BCUT2D eigenvalue weighted by atomic mass is 32.2. The van der Waals surface area contributed by atoms with Crippen LogP contribution in [0.15, 0.2) is 40.5 Å². The summed E-state index contributed by atoms with van der Waals surface area (Å²) in [5.74, 6) is -0.533. The number of alkyl halides is 3. The molecule has 46 heavy (non-hydrogen) atoms. The molecule has 1 saturated heterocycles. The number of fused-ring (bicyclic) bond motifs is 1. The molecule has 3 aliphatic rings. The lowest BCUT2D eigenvalue weighted by Gasteiger charge is -2.44. The van der Waals surface area contributed by atoms with Gasteiger partial charge in [-0.3, -0.25) is 14.2 Å². The lowest BCUT2D eigenvalue weighted by molar-refractivity contribution is -0.137. The number of halogens is 4. The first kappa shape index (κ1) is 30.7. The smallest absolute Gasteiger partial charge is 0.375 e.